The van der Waals surface area contributed by atoms with Gasteiger partial charge in [0.2, 0.25) is 0 Å². The second-order valence-corrected chi connectivity index (χ2v) is 7.95. The van der Waals surface area contributed by atoms with E-state index in [1.165, 1.54) is 18.9 Å². The summed E-state index contributed by atoms with van der Waals surface area (Å²) in [7, 11) is 0. The van der Waals surface area contributed by atoms with E-state index in [4.69, 9.17) is 16.6 Å². The lowest BCUT2D eigenvalue weighted by Crippen LogP contribution is -2.20. The molecule has 0 spiro atoms. The molecule has 0 saturated heterocycles. The fourth-order valence-corrected chi connectivity index (χ4v) is 3.92. The Morgan fingerprint density at radius 1 is 1.17 bits per heavy atom. The average molecular weight is 423 g/mol. The van der Waals surface area contributed by atoms with Gasteiger partial charge in [-0.05, 0) is 37.4 Å². The van der Waals surface area contributed by atoms with E-state index < -0.39 is 4.92 Å². The van der Waals surface area contributed by atoms with Crippen molar-refractivity contribution in [2.75, 3.05) is 6.54 Å². The van der Waals surface area contributed by atoms with Gasteiger partial charge in [-0.15, -0.1) is 10.2 Å². The Bertz CT molecular complexity index is 1170. The van der Waals surface area contributed by atoms with Crippen LogP contribution in [0, 0.1) is 16.0 Å². The third-order valence-electron chi connectivity index (χ3n) is 5.40. The number of nitrogens with zero attached hydrogens (tertiary/aromatic N) is 5. The summed E-state index contributed by atoms with van der Waals surface area (Å²) in [5, 5.41) is 24.1. The van der Waals surface area contributed by atoms with E-state index in [-0.39, 0.29) is 5.69 Å². The van der Waals surface area contributed by atoms with Crippen molar-refractivity contribution in [1.82, 2.24) is 20.1 Å². The van der Waals surface area contributed by atoms with Gasteiger partial charge >= 0.3 is 0 Å². The molecule has 1 fully saturated rings. The highest BCUT2D eigenvalue weighted by atomic mass is 35.5. The van der Waals surface area contributed by atoms with Gasteiger partial charge in [0.1, 0.15) is 6.54 Å². The van der Waals surface area contributed by atoms with Gasteiger partial charge in [-0.2, -0.15) is 0 Å². The zero-order valence-corrected chi connectivity index (χ0v) is 16.8. The highest BCUT2D eigenvalue weighted by Crippen LogP contribution is 2.31. The molecule has 0 unspecified atom stereocenters. The molecule has 1 aliphatic heterocycles. The molecule has 5 rings (SSSR count). The fourth-order valence-electron chi connectivity index (χ4n) is 3.70. The molecule has 9 heteroatoms. The van der Waals surface area contributed by atoms with Crippen molar-refractivity contribution >= 4 is 23.0 Å². The summed E-state index contributed by atoms with van der Waals surface area (Å²) < 4.78 is 1.95. The molecule has 0 atom stereocenters. The highest BCUT2D eigenvalue weighted by Gasteiger charge is 2.26. The molecule has 152 valence electrons. The first-order valence-corrected chi connectivity index (χ1v) is 10.2. The third-order valence-corrected chi connectivity index (χ3v) is 5.73. The Balaban J connectivity index is 1.63. The maximum absolute atomic E-state index is 11.5. The molecule has 0 radical (unpaired) electrons. The second-order valence-electron chi connectivity index (χ2n) is 7.55. The van der Waals surface area contributed by atoms with Crippen LogP contribution in [0.4, 0.5) is 5.69 Å². The maximum atomic E-state index is 11.5. The summed E-state index contributed by atoms with van der Waals surface area (Å²) in [5.74, 6) is 2.20. The minimum Gasteiger partial charge on any atom is -0.310 e. The molecule has 0 amide bonds. The molecule has 3 aromatic rings. The molecular formula is C21H19ClN6O2. The fraction of sp³-hybridized carbons (Fsp3) is 0.286. The normalized spacial score (nSPS) is 15.2. The topological polar surface area (TPSA) is 98.2 Å². The van der Waals surface area contributed by atoms with Gasteiger partial charge in [0.05, 0.1) is 22.9 Å². The van der Waals surface area contributed by atoms with Crippen molar-refractivity contribution in [3.8, 4) is 5.69 Å². The van der Waals surface area contributed by atoms with Crippen LogP contribution in [-0.4, -0.2) is 31.9 Å². The van der Waals surface area contributed by atoms with Crippen LogP contribution in [0.15, 0.2) is 47.5 Å². The summed E-state index contributed by atoms with van der Waals surface area (Å²) in [4.78, 5) is 15.8. The Hall–Kier alpha value is -3.10. The Morgan fingerprint density at radius 2 is 2.00 bits per heavy atom. The van der Waals surface area contributed by atoms with Crippen LogP contribution in [0.1, 0.15) is 35.6 Å². The zero-order chi connectivity index (χ0) is 20.7. The first-order chi connectivity index (χ1) is 14.6. The van der Waals surface area contributed by atoms with Gasteiger partial charge in [-0.1, -0.05) is 29.8 Å². The summed E-state index contributed by atoms with van der Waals surface area (Å²) in [5.41, 5.74) is 2.74. The number of aromatic nitrogens is 3. The number of nitrogens with one attached hydrogen (secondary N) is 1. The van der Waals surface area contributed by atoms with Crippen LogP contribution in [-0.2, 0) is 13.1 Å². The number of halogens is 1. The van der Waals surface area contributed by atoms with Gasteiger partial charge in [0.15, 0.2) is 11.6 Å². The number of fused-ring (bicyclic) bond motifs is 3. The van der Waals surface area contributed by atoms with Crippen LogP contribution in [0.25, 0.3) is 5.69 Å². The quantitative estimate of drug-likeness (QED) is 0.482. The van der Waals surface area contributed by atoms with Crippen molar-refractivity contribution in [1.29, 1.82) is 0 Å². The van der Waals surface area contributed by atoms with E-state index in [2.05, 4.69) is 15.5 Å². The van der Waals surface area contributed by atoms with Crippen LogP contribution >= 0.6 is 11.6 Å². The Labute approximate surface area is 177 Å². The van der Waals surface area contributed by atoms with Gasteiger partial charge in [-0.3, -0.25) is 19.7 Å². The molecule has 1 N–H and O–H groups in total. The van der Waals surface area contributed by atoms with Gasteiger partial charge < -0.3 is 5.32 Å². The lowest BCUT2D eigenvalue weighted by atomic mass is 9.99. The molecule has 1 aliphatic carbocycles. The van der Waals surface area contributed by atoms with Crippen LogP contribution < -0.4 is 5.32 Å². The van der Waals surface area contributed by atoms with Gasteiger partial charge in [-0.25, -0.2) is 0 Å². The summed E-state index contributed by atoms with van der Waals surface area (Å²) in [6.45, 7) is 1.83. The van der Waals surface area contributed by atoms with Crippen LogP contribution in [0.3, 0.4) is 0 Å². The molecule has 2 heterocycles. The number of nitro benzene ring substituents is 1. The molecular weight excluding hydrogens is 404 g/mol. The van der Waals surface area contributed by atoms with Gasteiger partial charge in [0.25, 0.3) is 5.69 Å². The maximum Gasteiger partial charge on any atom is 0.270 e. The predicted octanol–water partition coefficient (Wildman–Crippen LogP) is 3.68. The number of non-ortho nitro benzene ring substituents is 1. The number of rotatable bonds is 6. The van der Waals surface area contributed by atoms with Crippen LogP contribution in [0.5, 0.6) is 0 Å². The molecule has 30 heavy (non-hydrogen) atoms. The second kappa shape index (κ2) is 7.62. The monoisotopic (exact) mass is 422 g/mol. The molecule has 2 aliphatic rings. The first-order valence-electron chi connectivity index (χ1n) is 9.84. The highest BCUT2D eigenvalue weighted by molar-refractivity contribution is 6.35. The van der Waals surface area contributed by atoms with Gasteiger partial charge in [0, 0.05) is 28.3 Å². The number of hydrogen-bond acceptors (Lipinski definition) is 6. The van der Waals surface area contributed by atoms with Crippen LogP contribution in [0.2, 0.25) is 5.02 Å². The number of aliphatic imine (C=N–C) groups is 1. The Morgan fingerprint density at radius 3 is 2.77 bits per heavy atom. The van der Waals surface area contributed by atoms with Crippen molar-refractivity contribution in [3.63, 3.8) is 0 Å². The van der Waals surface area contributed by atoms with Crippen molar-refractivity contribution in [2.45, 2.75) is 25.9 Å². The summed E-state index contributed by atoms with van der Waals surface area (Å²) in [6.07, 6.45) is 2.54. The lowest BCUT2D eigenvalue weighted by Gasteiger charge is -2.14. The standard InChI is InChI=1S/C21H19ClN6O2/c22-17-4-2-1-3-15(17)21-16-9-14(28(29)30)7-8-18(16)27-19(11-23-10-13-5-6-13)25-26-20(27)12-24-21/h1-4,7-9,13,23H,5-6,10-12H2. The van der Waals surface area contributed by atoms with E-state index in [9.17, 15) is 10.1 Å². The lowest BCUT2D eigenvalue weighted by molar-refractivity contribution is -0.384. The van der Waals surface area contributed by atoms with Crippen molar-refractivity contribution in [2.24, 2.45) is 10.9 Å². The molecule has 2 aromatic carbocycles. The Kier molecular flexibility index (Phi) is 4.80. The summed E-state index contributed by atoms with van der Waals surface area (Å²) in [6, 6.07) is 12.2. The van der Waals surface area contributed by atoms with E-state index in [1.54, 1.807) is 18.2 Å². The predicted molar refractivity (Wildman–Crippen MR) is 113 cm³/mol. The third kappa shape index (κ3) is 3.48. The first kappa shape index (κ1) is 18.9. The largest absolute Gasteiger partial charge is 0.310 e. The molecule has 1 saturated carbocycles. The van der Waals surface area contributed by atoms with E-state index in [0.717, 1.165) is 29.5 Å². The smallest absolute Gasteiger partial charge is 0.270 e. The number of benzene rings is 2. The zero-order valence-electron chi connectivity index (χ0n) is 16.1. The average Bonchev–Trinajstić information content (AvgIpc) is 3.51. The molecule has 1 aromatic heterocycles. The van der Waals surface area contributed by atoms with Crippen molar-refractivity contribution in [3.05, 3.63) is 80.4 Å². The molecule has 0 bridgehead atoms. The van der Waals surface area contributed by atoms with E-state index in [0.29, 0.717) is 35.2 Å². The van der Waals surface area contributed by atoms with Crippen molar-refractivity contribution < 1.29 is 4.92 Å². The SMILES string of the molecule is O=[N+]([O-])c1ccc2c(c1)C(c1ccccc1Cl)=NCc1nnc(CNCC3CC3)n1-2. The number of nitro groups is 1. The number of hydrogen-bond donors (Lipinski definition) is 1. The summed E-state index contributed by atoms with van der Waals surface area (Å²) >= 11 is 6.44. The minimum atomic E-state index is -0.402. The van der Waals surface area contributed by atoms with E-state index >= 15 is 0 Å². The minimum absolute atomic E-state index is 0.00145. The van der Waals surface area contributed by atoms with E-state index in [1.807, 2.05) is 22.8 Å². The molecule has 8 nitrogen and oxygen atoms in total.